The molecule has 0 spiro atoms. The first-order valence-corrected chi connectivity index (χ1v) is 13.1. The molecule has 1 fully saturated rings. The van der Waals surface area contributed by atoms with Crippen LogP contribution in [0.1, 0.15) is 25.6 Å². The highest BCUT2D eigenvalue weighted by Crippen LogP contribution is 2.43. The van der Waals surface area contributed by atoms with E-state index in [1.54, 1.807) is 36.2 Å². The minimum Gasteiger partial charge on any atom is -0.350 e. The molecule has 0 aromatic carbocycles. The Labute approximate surface area is 192 Å². The van der Waals surface area contributed by atoms with Gasteiger partial charge in [0.25, 0.3) is 5.56 Å². The van der Waals surface area contributed by atoms with Crippen LogP contribution in [0.25, 0.3) is 10.6 Å². The number of hydrogen-bond acceptors (Lipinski definition) is 8. The van der Waals surface area contributed by atoms with Crippen molar-refractivity contribution in [2.45, 2.75) is 50.1 Å². The maximum absolute atomic E-state index is 12.6. The first-order valence-electron chi connectivity index (χ1n) is 10.2. The number of thiophene rings is 1. The number of H-pyrrole nitrogens is 1. The van der Waals surface area contributed by atoms with Gasteiger partial charge < -0.3 is 4.74 Å². The quantitative estimate of drug-likeness (QED) is 0.531. The molecule has 1 aliphatic rings. The maximum atomic E-state index is 12.6. The van der Waals surface area contributed by atoms with E-state index in [1.165, 1.54) is 4.57 Å². The van der Waals surface area contributed by atoms with Crippen molar-refractivity contribution in [2.24, 2.45) is 0 Å². The second kappa shape index (κ2) is 9.76. The lowest BCUT2D eigenvalue weighted by Gasteiger charge is -2.23. The summed E-state index contributed by atoms with van der Waals surface area (Å²) < 4.78 is 9.82. The van der Waals surface area contributed by atoms with E-state index >= 15 is 0 Å². The SMILES string of the molecule is CCS[C@@H]1[C@H](SCC)[C@@H](Cn2cc(-c3cccs3)nn2)O[C@H]1n1cc(C)c(=O)[nH]c1=O. The van der Waals surface area contributed by atoms with Gasteiger partial charge in [0.1, 0.15) is 5.69 Å². The van der Waals surface area contributed by atoms with Gasteiger partial charge in [-0.1, -0.05) is 25.1 Å². The molecule has 0 bridgehead atoms. The molecule has 1 N–H and O–H groups in total. The van der Waals surface area contributed by atoms with Crippen LogP contribution in [0.3, 0.4) is 0 Å². The molecule has 3 aromatic heterocycles. The molecule has 1 saturated heterocycles. The summed E-state index contributed by atoms with van der Waals surface area (Å²) in [6.07, 6.45) is 2.95. The number of aromatic amines is 1. The highest BCUT2D eigenvalue weighted by atomic mass is 32.2. The number of nitrogens with one attached hydrogen (secondary N) is 1. The fourth-order valence-electron chi connectivity index (χ4n) is 3.73. The van der Waals surface area contributed by atoms with Gasteiger partial charge in [-0.2, -0.15) is 23.5 Å². The smallest absolute Gasteiger partial charge is 0.330 e. The van der Waals surface area contributed by atoms with E-state index in [0.29, 0.717) is 12.1 Å². The van der Waals surface area contributed by atoms with Crippen LogP contribution in [0.15, 0.2) is 39.5 Å². The molecule has 4 atom stereocenters. The van der Waals surface area contributed by atoms with Crippen LogP contribution in [0.4, 0.5) is 0 Å². The van der Waals surface area contributed by atoms with Crippen molar-refractivity contribution >= 4 is 34.9 Å². The molecule has 4 heterocycles. The van der Waals surface area contributed by atoms with Crippen molar-refractivity contribution in [3.05, 3.63) is 56.3 Å². The Morgan fingerprint density at radius 1 is 1.19 bits per heavy atom. The van der Waals surface area contributed by atoms with E-state index in [0.717, 1.165) is 22.1 Å². The van der Waals surface area contributed by atoms with E-state index in [4.69, 9.17) is 4.74 Å². The number of thioether (sulfide) groups is 2. The Bertz CT molecular complexity index is 1120. The maximum Gasteiger partial charge on any atom is 0.330 e. The van der Waals surface area contributed by atoms with E-state index in [9.17, 15) is 9.59 Å². The third kappa shape index (κ3) is 4.69. The monoisotopic (exact) mass is 479 g/mol. The van der Waals surface area contributed by atoms with Gasteiger partial charge in [0.05, 0.1) is 29.0 Å². The van der Waals surface area contributed by atoms with Crippen LogP contribution in [0.2, 0.25) is 0 Å². The highest BCUT2D eigenvalue weighted by molar-refractivity contribution is 8.03. The number of ether oxygens (including phenoxy) is 1. The molecule has 0 aliphatic carbocycles. The summed E-state index contributed by atoms with van der Waals surface area (Å²) in [5.41, 5.74) is 0.530. The van der Waals surface area contributed by atoms with Crippen LogP contribution in [-0.4, -0.2) is 52.7 Å². The molecule has 0 unspecified atom stereocenters. The predicted octanol–water partition coefficient (Wildman–Crippen LogP) is 3.01. The Morgan fingerprint density at radius 3 is 2.68 bits per heavy atom. The lowest BCUT2D eigenvalue weighted by atomic mass is 10.2. The minimum atomic E-state index is -0.456. The van der Waals surface area contributed by atoms with Gasteiger partial charge in [0, 0.05) is 17.0 Å². The minimum absolute atomic E-state index is 0.0724. The number of rotatable bonds is 8. The molecule has 31 heavy (non-hydrogen) atoms. The summed E-state index contributed by atoms with van der Waals surface area (Å²) >= 11 is 5.25. The molecule has 4 rings (SSSR count). The molecule has 166 valence electrons. The van der Waals surface area contributed by atoms with Gasteiger partial charge >= 0.3 is 5.69 Å². The Kier molecular flexibility index (Phi) is 7.05. The van der Waals surface area contributed by atoms with Crippen molar-refractivity contribution in [1.29, 1.82) is 0 Å². The van der Waals surface area contributed by atoms with E-state index < -0.39 is 11.9 Å². The largest absolute Gasteiger partial charge is 0.350 e. The third-order valence-electron chi connectivity index (χ3n) is 5.10. The average Bonchev–Trinajstić information content (AvgIpc) is 3.48. The van der Waals surface area contributed by atoms with Crippen LogP contribution >= 0.6 is 34.9 Å². The predicted molar refractivity (Wildman–Crippen MR) is 127 cm³/mol. The van der Waals surface area contributed by atoms with Crippen LogP contribution in [-0.2, 0) is 11.3 Å². The molecule has 1 aliphatic heterocycles. The molecule has 11 heteroatoms. The second-order valence-corrected chi connectivity index (χ2v) is 11.0. The summed E-state index contributed by atoms with van der Waals surface area (Å²) in [7, 11) is 0. The lowest BCUT2D eigenvalue weighted by molar-refractivity contribution is -0.00728. The number of nitrogens with zero attached hydrogens (tertiary/aromatic N) is 4. The molecular formula is C20H25N5O3S3. The number of aryl methyl sites for hydroxylation is 1. The van der Waals surface area contributed by atoms with Gasteiger partial charge in [0.15, 0.2) is 6.23 Å². The summed E-state index contributed by atoms with van der Waals surface area (Å²) in [5.74, 6) is 1.84. The van der Waals surface area contributed by atoms with Gasteiger partial charge in [-0.05, 0) is 29.9 Å². The molecule has 0 amide bonds. The van der Waals surface area contributed by atoms with Crippen LogP contribution < -0.4 is 11.2 Å². The van der Waals surface area contributed by atoms with Gasteiger partial charge in [0.2, 0.25) is 0 Å². The average molecular weight is 480 g/mol. The zero-order valence-electron chi connectivity index (χ0n) is 17.6. The summed E-state index contributed by atoms with van der Waals surface area (Å²) in [6.45, 7) is 6.48. The third-order valence-corrected chi connectivity index (χ3v) is 8.73. The van der Waals surface area contributed by atoms with Crippen molar-refractivity contribution < 1.29 is 4.74 Å². The highest BCUT2D eigenvalue weighted by Gasteiger charge is 2.46. The lowest BCUT2D eigenvalue weighted by Crippen LogP contribution is -2.37. The van der Waals surface area contributed by atoms with Crippen molar-refractivity contribution in [3.8, 4) is 10.6 Å². The Balaban J connectivity index is 1.63. The normalized spacial score (nSPS) is 23.5. The van der Waals surface area contributed by atoms with E-state index in [2.05, 4.69) is 29.1 Å². The van der Waals surface area contributed by atoms with Crippen molar-refractivity contribution in [2.75, 3.05) is 11.5 Å². The van der Waals surface area contributed by atoms with E-state index in [1.807, 2.05) is 40.2 Å². The fraction of sp³-hybridized carbons (Fsp3) is 0.500. The molecule has 0 saturated carbocycles. The van der Waals surface area contributed by atoms with Crippen LogP contribution in [0, 0.1) is 6.92 Å². The number of hydrogen-bond donors (Lipinski definition) is 1. The van der Waals surface area contributed by atoms with Crippen molar-refractivity contribution in [1.82, 2.24) is 24.5 Å². The first kappa shape index (κ1) is 22.4. The zero-order valence-corrected chi connectivity index (χ0v) is 20.0. The van der Waals surface area contributed by atoms with E-state index in [-0.39, 0.29) is 22.2 Å². The molecular weight excluding hydrogens is 454 g/mol. The second-order valence-electron chi connectivity index (χ2n) is 7.19. The Hall–Kier alpha value is -1.82. The zero-order chi connectivity index (χ0) is 22.0. The molecule has 3 aromatic rings. The fourth-order valence-corrected chi connectivity index (χ4v) is 7.06. The summed E-state index contributed by atoms with van der Waals surface area (Å²) in [4.78, 5) is 27.9. The van der Waals surface area contributed by atoms with Gasteiger partial charge in [-0.15, -0.1) is 16.4 Å². The number of aromatic nitrogens is 5. The van der Waals surface area contributed by atoms with Crippen molar-refractivity contribution in [3.63, 3.8) is 0 Å². The topological polar surface area (TPSA) is 94.8 Å². The van der Waals surface area contributed by atoms with Gasteiger partial charge in [-0.3, -0.25) is 14.3 Å². The Morgan fingerprint density at radius 2 is 1.97 bits per heavy atom. The first-order chi connectivity index (χ1) is 15.0. The van der Waals surface area contributed by atoms with Gasteiger partial charge in [-0.25, -0.2) is 9.48 Å². The standard InChI is InChI=1S/C20H25N5O3S3/c1-4-29-16-14(11-24-10-13(22-23-24)15-7-6-8-31-15)28-19(17(16)30-5-2)25-9-12(3)18(26)21-20(25)27/h6-10,14,16-17,19H,4-5,11H2,1-3H3,(H,21,26,27)/t14-,16-,17-,19-/m1/s1. The molecule has 8 nitrogen and oxygen atoms in total. The molecule has 0 radical (unpaired) electrons. The summed E-state index contributed by atoms with van der Waals surface area (Å²) in [6, 6.07) is 4.02. The van der Waals surface area contributed by atoms with Crippen LogP contribution in [0.5, 0.6) is 0 Å². The summed E-state index contributed by atoms with van der Waals surface area (Å²) in [5, 5.41) is 10.9.